The Morgan fingerprint density at radius 3 is 2.41 bits per heavy atom. The fourth-order valence-corrected chi connectivity index (χ4v) is 4.67. The second-order valence-corrected chi connectivity index (χ2v) is 10.7. The molecule has 9 nitrogen and oxygen atoms in total. The van der Waals surface area contributed by atoms with Gasteiger partial charge in [0.1, 0.15) is 5.82 Å². The largest absolute Gasteiger partial charge is 0.384 e. The number of nitrogens with zero attached hydrogens (tertiary/aromatic N) is 3. The van der Waals surface area contributed by atoms with Crippen molar-refractivity contribution in [3.63, 3.8) is 0 Å². The topological polar surface area (TPSA) is 116 Å². The zero-order chi connectivity index (χ0) is 24.8. The molecular formula is C24H29Cl3N6O3S. The third-order valence-electron chi connectivity index (χ3n) is 5.76. The molecule has 2 aromatic heterocycles. The minimum Gasteiger partial charge on any atom is -0.384 e. The van der Waals surface area contributed by atoms with E-state index in [4.69, 9.17) is 11.6 Å². The van der Waals surface area contributed by atoms with E-state index in [1.165, 1.54) is 18.0 Å². The summed E-state index contributed by atoms with van der Waals surface area (Å²) < 4.78 is 25.8. The number of amides is 1. The Kier molecular flexibility index (Phi) is 11.2. The lowest BCUT2D eigenvalue weighted by Crippen LogP contribution is -2.36. The van der Waals surface area contributed by atoms with Crippen molar-refractivity contribution in [2.75, 3.05) is 46.1 Å². The number of sulfonamides is 1. The van der Waals surface area contributed by atoms with Gasteiger partial charge in [-0.2, -0.15) is 0 Å². The quantitative estimate of drug-likeness (QED) is 0.342. The fourth-order valence-electron chi connectivity index (χ4n) is 4.00. The number of anilines is 4. The van der Waals surface area contributed by atoms with E-state index in [1.54, 1.807) is 36.7 Å². The predicted molar refractivity (Wildman–Crippen MR) is 154 cm³/mol. The Morgan fingerprint density at radius 1 is 1.08 bits per heavy atom. The summed E-state index contributed by atoms with van der Waals surface area (Å²) in [4.78, 5) is 23.6. The zero-order valence-corrected chi connectivity index (χ0v) is 23.3. The number of aromatic nitrogens is 2. The van der Waals surface area contributed by atoms with Crippen molar-refractivity contribution in [3.8, 4) is 0 Å². The standard InChI is InChI=1S/C24H27ClN6O3S.2ClH/c1-35(33,34)30-19-3-4-22(21(14-19)24(32)29-23-5-2-18(25)16-28-23)27-15-17-8-12-31(13-9-17)20-6-10-26-11-7-20;;/h2-7,10-11,14,16-17,27,30H,8-9,12-13,15H2,1H3,(H,28,29,32);2*1H. The molecule has 13 heteroatoms. The summed E-state index contributed by atoms with van der Waals surface area (Å²) in [5, 5.41) is 6.59. The smallest absolute Gasteiger partial charge is 0.258 e. The Hall–Kier alpha value is -2.79. The van der Waals surface area contributed by atoms with Crippen LogP contribution in [0.1, 0.15) is 23.2 Å². The van der Waals surface area contributed by atoms with Crippen molar-refractivity contribution in [1.82, 2.24) is 9.97 Å². The second-order valence-electron chi connectivity index (χ2n) is 8.47. The summed E-state index contributed by atoms with van der Waals surface area (Å²) in [6, 6.07) is 12.1. The molecule has 0 atom stereocenters. The zero-order valence-electron chi connectivity index (χ0n) is 20.1. The van der Waals surface area contributed by atoms with Gasteiger partial charge >= 0.3 is 0 Å². The first-order chi connectivity index (χ1) is 16.8. The second kappa shape index (κ2) is 13.7. The van der Waals surface area contributed by atoms with Gasteiger partial charge in [0.2, 0.25) is 10.0 Å². The van der Waals surface area contributed by atoms with Gasteiger partial charge in [0.15, 0.2) is 0 Å². The number of pyridine rings is 2. The van der Waals surface area contributed by atoms with E-state index in [1.807, 2.05) is 12.1 Å². The van der Waals surface area contributed by atoms with E-state index in [9.17, 15) is 13.2 Å². The molecule has 4 rings (SSSR count). The molecule has 1 aliphatic heterocycles. The van der Waals surface area contributed by atoms with E-state index < -0.39 is 15.9 Å². The first-order valence-electron chi connectivity index (χ1n) is 11.2. The predicted octanol–water partition coefficient (Wildman–Crippen LogP) is 4.93. The highest BCUT2D eigenvalue weighted by Crippen LogP contribution is 2.26. The molecule has 37 heavy (non-hydrogen) atoms. The lowest BCUT2D eigenvalue weighted by molar-refractivity contribution is 0.102. The number of rotatable bonds is 8. The van der Waals surface area contributed by atoms with Crippen LogP contribution in [0, 0.1) is 5.92 Å². The van der Waals surface area contributed by atoms with Crippen LogP contribution in [-0.2, 0) is 10.0 Å². The molecule has 0 aliphatic carbocycles. The van der Waals surface area contributed by atoms with Crippen LogP contribution < -0.4 is 20.3 Å². The maximum absolute atomic E-state index is 13.1. The van der Waals surface area contributed by atoms with Gasteiger partial charge in [0.25, 0.3) is 5.91 Å². The Morgan fingerprint density at radius 2 is 1.78 bits per heavy atom. The van der Waals surface area contributed by atoms with Crippen LogP contribution in [0.3, 0.4) is 0 Å². The number of carbonyl (C=O) groups is 1. The van der Waals surface area contributed by atoms with Crippen molar-refractivity contribution in [1.29, 1.82) is 0 Å². The molecule has 0 bridgehead atoms. The van der Waals surface area contributed by atoms with Gasteiger partial charge in [-0.05, 0) is 61.2 Å². The number of hydrogen-bond acceptors (Lipinski definition) is 7. The van der Waals surface area contributed by atoms with Gasteiger partial charge in [-0.25, -0.2) is 13.4 Å². The summed E-state index contributed by atoms with van der Waals surface area (Å²) in [6.45, 7) is 2.59. The van der Waals surface area contributed by atoms with Gasteiger partial charge in [0.05, 0.1) is 16.8 Å². The van der Waals surface area contributed by atoms with Crippen LogP contribution in [0.4, 0.5) is 22.9 Å². The number of carbonyl (C=O) groups excluding carboxylic acids is 1. The first-order valence-corrected chi connectivity index (χ1v) is 13.5. The van der Waals surface area contributed by atoms with Crippen molar-refractivity contribution < 1.29 is 13.2 Å². The first kappa shape index (κ1) is 30.4. The number of benzene rings is 1. The third kappa shape index (κ3) is 8.92. The highest BCUT2D eigenvalue weighted by molar-refractivity contribution is 7.92. The summed E-state index contributed by atoms with van der Waals surface area (Å²) in [5.41, 5.74) is 2.41. The van der Waals surface area contributed by atoms with Crippen LogP contribution in [-0.4, -0.2) is 50.2 Å². The highest BCUT2D eigenvalue weighted by atomic mass is 35.5. The van der Waals surface area contributed by atoms with E-state index in [-0.39, 0.29) is 24.8 Å². The summed E-state index contributed by atoms with van der Waals surface area (Å²) in [6.07, 6.45) is 8.14. The highest BCUT2D eigenvalue weighted by Gasteiger charge is 2.21. The Bertz CT molecular complexity index is 1270. The molecule has 1 aromatic carbocycles. The van der Waals surface area contributed by atoms with E-state index >= 15 is 0 Å². The van der Waals surface area contributed by atoms with Gasteiger partial charge in [-0.15, -0.1) is 24.8 Å². The molecule has 1 aliphatic rings. The van der Waals surface area contributed by atoms with E-state index in [2.05, 4.69) is 30.2 Å². The van der Waals surface area contributed by atoms with Crippen LogP contribution in [0.2, 0.25) is 5.02 Å². The maximum Gasteiger partial charge on any atom is 0.258 e. The minimum atomic E-state index is -3.49. The average Bonchev–Trinajstić information content (AvgIpc) is 2.84. The molecule has 1 fully saturated rings. The molecule has 3 aromatic rings. The minimum absolute atomic E-state index is 0. The fraction of sp³-hybridized carbons (Fsp3) is 0.292. The third-order valence-corrected chi connectivity index (χ3v) is 6.59. The van der Waals surface area contributed by atoms with E-state index in [0.717, 1.165) is 32.2 Å². The van der Waals surface area contributed by atoms with Crippen molar-refractivity contribution in [2.45, 2.75) is 12.8 Å². The number of nitrogens with one attached hydrogen (secondary N) is 3. The molecule has 1 amide bonds. The summed E-state index contributed by atoms with van der Waals surface area (Å²) >= 11 is 5.88. The summed E-state index contributed by atoms with van der Waals surface area (Å²) in [7, 11) is -3.49. The van der Waals surface area contributed by atoms with Crippen molar-refractivity contribution in [2.24, 2.45) is 5.92 Å². The lowest BCUT2D eigenvalue weighted by Gasteiger charge is -2.33. The molecule has 0 radical (unpaired) electrons. The van der Waals surface area contributed by atoms with Crippen molar-refractivity contribution >= 4 is 75.2 Å². The number of piperidine rings is 1. The van der Waals surface area contributed by atoms with Crippen LogP contribution in [0.25, 0.3) is 0 Å². The molecule has 3 N–H and O–H groups in total. The van der Waals surface area contributed by atoms with Gasteiger partial charge in [0, 0.05) is 55.3 Å². The lowest BCUT2D eigenvalue weighted by atomic mass is 9.96. The summed E-state index contributed by atoms with van der Waals surface area (Å²) in [5.74, 6) is 0.373. The molecule has 0 unspecified atom stereocenters. The molecule has 1 saturated heterocycles. The number of hydrogen-bond donors (Lipinski definition) is 3. The van der Waals surface area contributed by atoms with Gasteiger partial charge < -0.3 is 15.5 Å². The van der Waals surface area contributed by atoms with Crippen LogP contribution >= 0.6 is 36.4 Å². The van der Waals surface area contributed by atoms with E-state index in [0.29, 0.717) is 40.2 Å². The monoisotopic (exact) mass is 586 g/mol. The normalized spacial score (nSPS) is 13.6. The number of halogens is 3. The Labute approximate surface area is 234 Å². The maximum atomic E-state index is 13.1. The van der Waals surface area contributed by atoms with Crippen molar-refractivity contribution in [3.05, 3.63) is 71.6 Å². The molecule has 3 heterocycles. The molecular weight excluding hydrogens is 559 g/mol. The van der Waals surface area contributed by atoms with Crippen LogP contribution in [0.5, 0.6) is 0 Å². The SMILES string of the molecule is CS(=O)(=O)Nc1ccc(NCC2CCN(c3ccncc3)CC2)c(C(=O)Nc2ccc(Cl)cn2)c1.Cl.Cl. The van der Waals surface area contributed by atoms with Gasteiger partial charge in [-0.3, -0.25) is 14.5 Å². The molecule has 0 saturated carbocycles. The molecule has 0 spiro atoms. The Balaban J connectivity index is 0.00000241. The van der Waals surface area contributed by atoms with Crippen LogP contribution in [0.15, 0.2) is 61.1 Å². The average molecular weight is 588 g/mol. The molecule has 200 valence electrons. The van der Waals surface area contributed by atoms with Gasteiger partial charge in [-0.1, -0.05) is 11.6 Å².